The molecule has 2 unspecified atom stereocenters. The fraction of sp³-hybridized carbons (Fsp3) is 0.750. The molecule has 0 radical (unpaired) electrons. The highest BCUT2D eigenvalue weighted by molar-refractivity contribution is 6.25. The van der Waals surface area contributed by atoms with Gasteiger partial charge in [0.05, 0.1) is 6.67 Å². The fourth-order valence-corrected chi connectivity index (χ4v) is 1.11. The van der Waals surface area contributed by atoms with Gasteiger partial charge in [0.2, 0.25) is 12.0 Å². The molecule has 0 heterocycles. The maximum Gasteiger partial charge on any atom is 0.338 e. The predicted molar refractivity (Wildman–Crippen MR) is 45.4 cm³/mol. The van der Waals surface area contributed by atoms with Crippen LogP contribution in [-0.4, -0.2) is 29.8 Å². The van der Waals surface area contributed by atoms with E-state index in [1.807, 2.05) is 0 Å². The topological polar surface area (TPSA) is 0 Å². The van der Waals surface area contributed by atoms with Crippen molar-refractivity contribution in [3.8, 4) is 0 Å². The fourth-order valence-electron chi connectivity index (χ4n) is 0.942. The molecule has 0 rings (SSSR count). The molecule has 0 aliphatic rings. The van der Waals surface area contributed by atoms with Crippen molar-refractivity contribution in [3.63, 3.8) is 0 Å². The van der Waals surface area contributed by atoms with Crippen molar-refractivity contribution in [1.82, 2.24) is 0 Å². The van der Waals surface area contributed by atoms with Crippen LogP contribution in [0.25, 0.3) is 0 Å². The Morgan fingerprint density at radius 2 is 1.42 bits per heavy atom. The molecule has 11 heteroatoms. The van der Waals surface area contributed by atoms with Gasteiger partial charge in [-0.15, -0.1) is 0 Å². The maximum atomic E-state index is 13.0. The molecule has 19 heavy (non-hydrogen) atoms. The summed E-state index contributed by atoms with van der Waals surface area (Å²) in [5, 5.41) is -5.52. The van der Waals surface area contributed by atoms with Gasteiger partial charge in [-0.1, -0.05) is 11.6 Å². The van der Waals surface area contributed by atoms with E-state index in [1.54, 1.807) is 0 Å². The zero-order valence-electron chi connectivity index (χ0n) is 8.65. The van der Waals surface area contributed by atoms with Crippen LogP contribution in [0.3, 0.4) is 0 Å². The first-order valence-electron chi connectivity index (χ1n) is 4.37. The first-order chi connectivity index (χ1) is 8.32. The molecule has 0 bridgehead atoms. The highest BCUT2D eigenvalue weighted by atomic mass is 35.5. The highest BCUT2D eigenvalue weighted by Gasteiger charge is 2.69. The summed E-state index contributed by atoms with van der Waals surface area (Å²) < 4.78 is 124. The second kappa shape index (κ2) is 5.76. The molecule has 0 amide bonds. The van der Waals surface area contributed by atoms with Crippen LogP contribution < -0.4 is 0 Å². The standard InChI is InChI=1S/C8H5ClF10/c9-7(17,3(11)4(12)13)8(18,19)5(14)6(15,16)1-2-10/h5H,1-2H2. The zero-order chi connectivity index (χ0) is 15.6. The average molecular weight is 327 g/mol. The number of alkyl halides is 8. The van der Waals surface area contributed by atoms with Crippen LogP contribution in [0.4, 0.5) is 43.9 Å². The number of hydrogen-bond acceptors (Lipinski definition) is 0. The summed E-state index contributed by atoms with van der Waals surface area (Å²) in [6.07, 6.45) is -10.6. The quantitative estimate of drug-likeness (QED) is 0.479. The Morgan fingerprint density at radius 1 is 1.00 bits per heavy atom. The smallest absolute Gasteiger partial charge is 0.251 e. The van der Waals surface area contributed by atoms with E-state index >= 15 is 0 Å². The van der Waals surface area contributed by atoms with Crippen molar-refractivity contribution in [2.75, 3.05) is 6.67 Å². The van der Waals surface area contributed by atoms with Crippen molar-refractivity contribution >= 4 is 11.6 Å². The van der Waals surface area contributed by atoms with E-state index in [0.717, 1.165) is 0 Å². The Labute approximate surface area is 105 Å². The third kappa shape index (κ3) is 3.46. The van der Waals surface area contributed by atoms with Crippen molar-refractivity contribution in [3.05, 3.63) is 11.9 Å². The van der Waals surface area contributed by atoms with Crippen molar-refractivity contribution in [2.45, 2.75) is 29.6 Å². The Morgan fingerprint density at radius 3 is 1.74 bits per heavy atom. The van der Waals surface area contributed by atoms with E-state index in [-0.39, 0.29) is 0 Å². The Hall–Kier alpha value is -0.670. The second-order valence-corrected chi connectivity index (χ2v) is 3.86. The third-order valence-electron chi connectivity index (χ3n) is 1.98. The molecule has 0 aliphatic heterocycles. The molecule has 0 saturated carbocycles. The number of rotatable bonds is 6. The molecule has 0 aliphatic carbocycles. The van der Waals surface area contributed by atoms with E-state index in [2.05, 4.69) is 11.6 Å². The summed E-state index contributed by atoms with van der Waals surface area (Å²) >= 11 is 4.08. The summed E-state index contributed by atoms with van der Waals surface area (Å²) in [6.45, 7) is -1.96. The molecule has 0 aromatic heterocycles. The van der Waals surface area contributed by atoms with E-state index in [1.165, 1.54) is 0 Å². The van der Waals surface area contributed by atoms with Gasteiger partial charge in [-0.05, 0) is 0 Å². The highest BCUT2D eigenvalue weighted by Crippen LogP contribution is 2.50. The van der Waals surface area contributed by atoms with E-state index in [9.17, 15) is 43.9 Å². The van der Waals surface area contributed by atoms with Crippen LogP contribution >= 0.6 is 11.6 Å². The molecule has 0 spiro atoms. The lowest BCUT2D eigenvalue weighted by Crippen LogP contribution is -2.54. The van der Waals surface area contributed by atoms with Gasteiger partial charge in [0, 0.05) is 6.42 Å². The lowest BCUT2D eigenvalue weighted by molar-refractivity contribution is -0.216. The monoisotopic (exact) mass is 326 g/mol. The van der Waals surface area contributed by atoms with E-state index in [0.29, 0.717) is 0 Å². The lowest BCUT2D eigenvalue weighted by atomic mass is 10.00. The van der Waals surface area contributed by atoms with Crippen LogP contribution in [0.5, 0.6) is 0 Å². The summed E-state index contributed by atoms with van der Waals surface area (Å²) in [6, 6.07) is 0. The van der Waals surface area contributed by atoms with Crippen LogP contribution in [-0.2, 0) is 0 Å². The Kier molecular flexibility index (Phi) is 5.56. The maximum absolute atomic E-state index is 13.0. The van der Waals surface area contributed by atoms with E-state index in [4.69, 9.17) is 0 Å². The largest absolute Gasteiger partial charge is 0.338 e. The molecular formula is C8H5ClF10. The zero-order valence-corrected chi connectivity index (χ0v) is 9.41. The van der Waals surface area contributed by atoms with Crippen LogP contribution in [0.15, 0.2) is 11.9 Å². The number of allylic oxidation sites excluding steroid dienone is 1. The number of halogens is 11. The van der Waals surface area contributed by atoms with Gasteiger partial charge in [-0.2, -0.15) is 17.6 Å². The minimum absolute atomic E-state index is 1.96. The van der Waals surface area contributed by atoms with Crippen molar-refractivity contribution in [1.29, 1.82) is 0 Å². The van der Waals surface area contributed by atoms with Gasteiger partial charge >= 0.3 is 17.1 Å². The summed E-state index contributed by atoms with van der Waals surface area (Å²) in [7, 11) is 0. The molecule has 2 atom stereocenters. The van der Waals surface area contributed by atoms with Crippen LogP contribution in [0.2, 0.25) is 0 Å². The predicted octanol–water partition coefficient (Wildman–Crippen LogP) is 4.94. The van der Waals surface area contributed by atoms with Gasteiger partial charge in [0.1, 0.15) is 0 Å². The van der Waals surface area contributed by atoms with Gasteiger partial charge in [-0.25, -0.2) is 22.0 Å². The molecule has 0 fully saturated rings. The van der Waals surface area contributed by atoms with Gasteiger partial charge < -0.3 is 0 Å². The van der Waals surface area contributed by atoms with E-state index < -0.39 is 48.1 Å². The first kappa shape index (κ1) is 18.3. The van der Waals surface area contributed by atoms with Crippen LogP contribution in [0, 0.1) is 0 Å². The van der Waals surface area contributed by atoms with Gasteiger partial charge in [0.25, 0.3) is 5.92 Å². The summed E-state index contributed by atoms with van der Waals surface area (Å²) in [5.41, 5.74) is 0. The third-order valence-corrected chi connectivity index (χ3v) is 2.40. The SMILES string of the molecule is FCCC(F)(F)C(F)C(F)(F)C(F)(Cl)C(F)=C(F)F. The average Bonchev–Trinajstić information content (AvgIpc) is 2.26. The van der Waals surface area contributed by atoms with Crippen LogP contribution in [0.1, 0.15) is 6.42 Å². The van der Waals surface area contributed by atoms with Crippen molar-refractivity contribution in [2.24, 2.45) is 0 Å². The molecule has 0 N–H and O–H groups in total. The second-order valence-electron chi connectivity index (χ2n) is 3.33. The number of hydrogen-bond donors (Lipinski definition) is 0. The van der Waals surface area contributed by atoms with Crippen molar-refractivity contribution < 1.29 is 43.9 Å². The molecule has 0 nitrogen and oxygen atoms in total. The van der Waals surface area contributed by atoms with Gasteiger partial charge in [-0.3, -0.25) is 4.39 Å². The minimum atomic E-state index is -6.05. The molecule has 0 aromatic carbocycles. The molecule has 0 saturated heterocycles. The normalized spacial score (nSPS) is 17.8. The minimum Gasteiger partial charge on any atom is -0.251 e. The summed E-state index contributed by atoms with van der Waals surface area (Å²) in [5.74, 6) is -14.8. The molecule has 114 valence electrons. The molecule has 0 aromatic rings. The van der Waals surface area contributed by atoms with Gasteiger partial charge in [0.15, 0.2) is 0 Å². The Bertz CT molecular complexity index is 345. The summed E-state index contributed by atoms with van der Waals surface area (Å²) in [4.78, 5) is 0. The lowest BCUT2D eigenvalue weighted by Gasteiger charge is -2.32. The molecular weight excluding hydrogens is 322 g/mol. The Balaban J connectivity index is 5.55. The first-order valence-corrected chi connectivity index (χ1v) is 4.75.